The first-order chi connectivity index (χ1) is 19.7. The molecule has 0 aromatic carbocycles. The summed E-state index contributed by atoms with van der Waals surface area (Å²) in [6.07, 6.45) is 10.6. The van der Waals surface area contributed by atoms with E-state index in [9.17, 15) is 9.59 Å². The number of aryl methyl sites for hydroxylation is 1. The molecule has 40 heavy (non-hydrogen) atoms. The van der Waals surface area contributed by atoms with Crippen molar-refractivity contribution in [2.75, 3.05) is 51.9 Å². The number of azide groups is 1. The molecule has 2 amide bonds. The van der Waals surface area contributed by atoms with E-state index < -0.39 is 0 Å². The number of thioether (sulfide) groups is 1. The van der Waals surface area contributed by atoms with Gasteiger partial charge in [0, 0.05) is 48.1 Å². The van der Waals surface area contributed by atoms with E-state index >= 15 is 0 Å². The first-order valence-electron chi connectivity index (χ1n) is 14.5. The van der Waals surface area contributed by atoms with Crippen molar-refractivity contribution in [1.29, 1.82) is 0 Å². The molecule has 2 saturated heterocycles. The second kappa shape index (κ2) is 19.7. The molecule has 2 aliphatic rings. The Kier molecular flexibility index (Phi) is 15.8. The van der Waals surface area contributed by atoms with Crippen LogP contribution in [-0.2, 0) is 32.0 Å². The summed E-state index contributed by atoms with van der Waals surface area (Å²) in [4.78, 5) is 26.3. The highest BCUT2D eigenvalue weighted by atomic mass is 32.2. The van der Waals surface area contributed by atoms with E-state index in [1.54, 1.807) is 4.68 Å². The number of ether oxygens (including phenoxy) is 3. The van der Waals surface area contributed by atoms with Crippen LogP contribution in [0.15, 0.2) is 11.3 Å². The number of urea groups is 1. The third kappa shape index (κ3) is 12.9. The lowest BCUT2D eigenvalue weighted by Gasteiger charge is -2.16. The normalized spacial score (nSPS) is 19.7. The molecule has 13 nitrogen and oxygen atoms in total. The molecule has 0 radical (unpaired) electrons. The zero-order valence-corrected chi connectivity index (χ0v) is 24.2. The van der Waals surface area contributed by atoms with Crippen molar-refractivity contribution in [2.45, 2.75) is 88.1 Å². The van der Waals surface area contributed by atoms with Crippen LogP contribution in [0.25, 0.3) is 10.4 Å². The summed E-state index contributed by atoms with van der Waals surface area (Å²) in [5.41, 5.74) is 9.22. The largest absolute Gasteiger partial charge is 0.379 e. The summed E-state index contributed by atoms with van der Waals surface area (Å²) in [7, 11) is 0. The standard InChI is InChI=1S/C26H44N8O5S/c27-32-28-11-5-1-2-7-21-19-34(33-31-21)12-14-38-16-18-39-17-15-37-13-6-9-22(35)8-3-4-10-24-25-23(20-40-24)29-26(36)30-25/h19,23-25H,1-18,20H2,(H2,29,30,36)/t23-,24-,25-/m0/s1. The fourth-order valence-corrected chi connectivity index (χ4v) is 6.32. The van der Waals surface area contributed by atoms with Crippen LogP contribution in [0, 0.1) is 0 Å². The number of hydrogen-bond donors (Lipinski definition) is 2. The minimum absolute atomic E-state index is 0.0482. The number of carbonyl (C=O) groups is 2. The van der Waals surface area contributed by atoms with Gasteiger partial charge in [-0.1, -0.05) is 23.2 Å². The van der Waals surface area contributed by atoms with Crippen molar-refractivity contribution >= 4 is 23.6 Å². The van der Waals surface area contributed by atoms with Gasteiger partial charge in [-0.3, -0.25) is 4.79 Å². The van der Waals surface area contributed by atoms with Crippen LogP contribution in [0.4, 0.5) is 4.79 Å². The molecule has 2 N–H and O–H groups in total. The van der Waals surface area contributed by atoms with Crippen LogP contribution in [-0.4, -0.2) is 96.1 Å². The lowest BCUT2D eigenvalue weighted by atomic mass is 10.0. The number of ketones is 1. The van der Waals surface area contributed by atoms with Crippen molar-refractivity contribution in [2.24, 2.45) is 5.11 Å². The van der Waals surface area contributed by atoms with Gasteiger partial charge in [0.2, 0.25) is 0 Å². The molecular formula is C26H44N8O5S. The second-order valence-corrected chi connectivity index (χ2v) is 11.4. The number of rotatable bonds is 24. The van der Waals surface area contributed by atoms with E-state index in [4.69, 9.17) is 19.7 Å². The Labute approximate surface area is 240 Å². The van der Waals surface area contributed by atoms with Gasteiger partial charge in [0.15, 0.2) is 0 Å². The van der Waals surface area contributed by atoms with Crippen LogP contribution in [0.5, 0.6) is 0 Å². The number of carbonyl (C=O) groups excluding carboxylic acids is 2. The predicted octanol–water partition coefficient (Wildman–Crippen LogP) is 3.43. The summed E-state index contributed by atoms with van der Waals surface area (Å²) in [5.74, 6) is 1.27. The van der Waals surface area contributed by atoms with E-state index in [0.29, 0.717) is 76.6 Å². The number of nitrogens with one attached hydrogen (secondary N) is 2. The summed E-state index contributed by atoms with van der Waals surface area (Å²) >= 11 is 1.92. The van der Waals surface area contributed by atoms with Gasteiger partial charge in [-0.15, -0.1) is 5.10 Å². The van der Waals surface area contributed by atoms with Crippen LogP contribution in [0.2, 0.25) is 0 Å². The third-order valence-electron chi connectivity index (χ3n) is 6.93. The minimum atomic E-state index is -0.0482. The molecule has 0 spiro atoms. The summed E-state index contributed by atoms with van der Waals surface area (Å²) in [6, 6.07) is 0.457. The molecule has 3 atom stereocenters. The lowest BCUT2D eigenvalue weighted by Crippen LogP contribution is -2.36. The third-order valence-corrected chi connectivity index (χ3v) is 8.43. The molecule has 0 bridgehead atoms. The smallest absolute Gasteiger partial charge is 0.315 e. The van der Waals surface area contributed by atoms with Crippen molar-refractivity contribution in [3.8, 4) is 0 Å². The van der Waals surface area contributed by atoms with Gasteiger partial charge in [0.25, 0.3) is 0 Å². The quantitative estimate of drug-likeness (QED) is 0.0617. The molecule has 3 rings (SSSR count). The van der Waals surface area contributed by atoms with Gasteiger partial charge in [-0.2, -0.15) is 11.8 Å². The minimum Gasteiger partial charge on any atom is -0.379 e. The fourth-order valence-electron chi connectivity index (χ4n) is 4.78. The number of nitrogens with zero attached hydrogens (tertiary/aromatic N) is 6. The van der Waals surface area contributed by atoms with Crippen LogP contribution >= 0.6 is 11.8 Å². The zero-order valence-electron chi connectivity index (χ0n) is 23.4. The van der Waals surface area contributed by atoms with Crippen LogP contribution in [0.1, 0.15) is 63.5 Å². The molecule has 2 fully saturated rings. The van der Waals surface area contributed by atoms with Crippen LogP contribution < -0.4 is 10.6 Å². The van der Waals surface area contributed by atoms with Gasteiger partial charge in [0.1, 0.15) is 5.78 Å². The topological polar surface area (TPSA) is 165 Å². The second-order valence-electron chi connectivity index (χ2n) is 10.1. The maximum atomic E-state index is 12.1. The monoisotopic (exact) mass is 580 g/mol. The SMILES string of the molecule is [N-]=[N+]=NCCCCCc1cn(CCOCCOCCOCCCC(=O)CCCC[C@@H]2SC[C@@H]3NC(=O)N[C@@H]32)nn1. The Morgan fingerprint density at radius 3 is 2.62 bits per heavy atom. The van der Waals surface area contributed by atoms with E-state index in [1.165, 1.54) is 0 Å². The van der Waals surface area contributed by atoms with Gasteiger partial charge in [0.05, 0.1) is 57.4 Å². The predicted molar refractivity (Wildman–Crippen MR) is 152 cm³/mol. The van der Waals surface area contributed by atoms with Gasteiger partial charge < -0.3 is 24.8 Å². The Balaban J connectivity index is 1.03. The molecule has 1 aromatic heterocycles. The Morgan fingerprint density at radius 1 is 1.02 bits per heavy atom. The Morgan fingerprint density at radius 2 is 1.80 bits per heavy atom. The van der Waals surface area contributed by atoms with Crippen LogP contribution in [0.3, 0.4) is 0 Å². The molecule has 0 aliphatic carbocycles. The van der Waals surface area contributed by atoms with Gasteiger partial charge >= 0.3 is 6.03 Å². The highest BCUT2D eigenvalue weighted by molar-refractivity contribution is 8.00. The zero-order chi connectivity index (χ0) is 28.3. The molecule has 3 heterocycles. The van der Waals surface area contributed by atoms with Crippen molar-refractivity contribution in [3.05, 3.63) is 22.3 Å². The Hall–Kier alpha value is -2.38. The summed E-state index contributed by atoms with van der Waals surface area (Å²) < 4.78 is 18.5. The number of fused-ring (bicyclic) bond motifs is 1. The fraction of sp³-hybridized carbons (Fsp3) is 0.846. The maximum Gasteiger partial charge on any atom is 0.315 e. The van der Waals surface area contributed by atoms with Crippen molar-refractivity contribution in [3.63, 3.8) is 0 Å². The molecule has 0 unspecified atom stereocenters. The van der Waals surface area contributed by atoms with E-state index in [1.807, 2.05) is 18.0 Å². The highest BCUT2D eigenvalue weighted by Gasteiger charge is 2.42. The highest BCUT2D eigenvalue weighted by Crippen LogP contribution is 2.33. The molecule has 224 valence electrons. The molecule has 0 saturated carbocycles. The average molecular weight is 581 g/mol. The Bertz CT molecular complexity index is 929. The van der Waals surface area contributed by atoms with E-state index in [-0.39, 0.29) is 18.1 Å². The van der Waals surface area contributed by atoms with E-state index in [2.05, 4.69) is 31.0 Å². The maximum absolute atomic E-state index is 12.1. The van der Waals surface area contributed by atoms with Gasteiger partial charge in [-0.25, -0.2) is 9.48 Å². The molecular weight excluding hydrogens is 536 g/mol. The average Bonchev–Trinajstić information content (AvgIpc) is 3.65. The van der Waals surface area contributed by atoms with Crippen molar-refractivity contribution in [1.82, 2.24) is 25.6 Å². The lowest BCUT2D eigenvalue weighted by molar-refractivity contribution is -0.119. The number of unbranched alkanes of at least 4 members (excludes halogenated alkanes) is 3. The molecule has 1 aromatic rings. The summed E-state index contributed by atoms with van der Waals surface area (Å²) in [5, 5.41) is 18.3. The number of hydrogen-bond acceptors (Lipinski definition) is 9. The molecule has 2 aliphatic heterocycles. The number of aromatic nitrogens is 3. The summed E-state index contributed by atoms with van der Waals surface area (Å²) in [6.45, 7) is 4.32. The van der Waals surface area contributed by atoms with Gasteiger partial charge in [-0.05, 0) is 44.1 Å². The number of amides is 2. The van der Waals surface area contributed by atoms with Crippen molar-refractivity contribution < 1.29 is 23.8 Å². The first kappa shape index (κ1) is 32.1. The van der Waals surface area contributed by atoms with E-state index in [0.717, 1.165) is 62.8 Å². The number of Topliss-reactive ketones (excluding diaryl/α,β-unsaturated/α-hetero) is 1. The molecule has 14 heteroatoms. The first-order valence-corrected chi connectivity index (χ1v) is 15.5.